The largest absolute Gasteiger partial charge is 0.383 e. The number of aromatic nitrogens is 5. The molecule has 4 heterocycles. The molecule has 0 spiro atoms. The number of aryl methyl sites for hydroxylation is 1. The van der Waals surface area contributed by atoms with Gasteiger partial charge in [0, 0.05) is 37.5 Å². The minimum absolute atomic E-state index is 0.151. The van der Waals surface area contributed by atoms with Gasteiger partial charge >= 0.3 is 0 Å². The lowest BCUT2D eigenvalue weighted by atomic mass is 10.1. The number of carbonyl (C=O) groups is 1. The Bertz CT molecular complexity index is 1550. The molecule has 4 aromatic rings. The van der Waals surface area contributed by atoms with Crippen LogP contribution in [-0.4, -0.2) is 41.7 Å². The third kappa shape index (κ3) is 3.40. The maximum absolute atomic E-state index is 14.8. The van der Waals surface area contributed by atoms with Crippen molar-refractivity contribution in [3.63, 3.8) is 0 Å². The van der Waals surface area contributed by atoms with E-state index < -0.39 is 5.82 Å². The second kappa shape index (κ2) is 8.15. The molecule has 2 N–H and O–H groups in total. The number of halogens is 1. The number of likely N-dealkylation sites (tertiary alicyclic amines) is 1. The van der Waals surface area contributed by atoms with E-state index in [1.54, 1.807) is 34.2 Å². The number of imidazole rings is 1. The number of nitrogen functional groups attached to an aromatic ring is 1. The number of allylic oxidation sites excluding steroid dienone is 1. The second-order valence-corrected chi connectivity index (χ2v) is 8.06. The lowest BCUT2D eigenvalue weighted by Gasteiger charge is -2.15. The Morgan fingerprint density at radius 2 is 2.15 bits per heavy atom. The highest BCUT2D eigenvalue weighted by Gasteiger charge is 2.31. The highest BCUT2D eigenvalue weighted by Crippen LogP contribution is 2.33. The Hall–Kier alpha value is -4.45. The van der Waals surface area contributed by atoms with E-state index in [4.69, 9.17) is 5.73 Å². The van der Waals surface area contributed by atoms with Gasteiger partial charge in [-0.2, -0.15) is 5.10 Å². The molecule has 9 heteroatoms. The topological polar surface area (TPSA) is 94.9 Å². The van der Waals surface area contributed by atoms with Gasteiger partial charge in [-0.05, 0) is 31.1 Å². The SMILES string of the molecule is C=CC(=O)N1C[C@@H](n2nc(C#Cc3cc4ncn(CC)c4cc3F)c3c(N)nccc32)CC1=C. The van der Waals surface area contributed by atoms with Crippen LogP contribution in [0.4, 0.5) is 10.2 Å². The van der Waals surface area contributed by atoms with Crippen molar-refractivity contribution in [3.05, 3.63) is 72.7 Å². The molecule has 0 saturated carbocycles. The molecule has 1 saturated heterocycles. The minimum Gasteiger partial charge on any atom is -0.383 e. The fourth-order valence-corrected chi connectivity index (χ4v) is 4.34. The van der Waals surface area contributed by atoms with Gasteiger partial charge in [0.15, 0.2) is 0 Å². The van der Waals surface area contributed by atoms with E-state index in [1.165, 1.54) is 12.1 Å². The number of hydrogen-bond acceptors (Lipinski definition) is 5. The Kier molecular flexibility index (Phi) is 5.13. The summed E-state index contributed by atoms with van der Waals surface area (Å²) >= 11 is 0. The first kappa shape index (κ1) is 21.4. The van der Waals surface area contributed by atoms with Crippen LogP contribution in [0.3, 0.4) is 0 Å². The predicted octanol–water partition coefficient (Wildman–Crippen LogP) is 3.40. The van der Waals surface area contributed by atoms with Gasteiger partial charge < -0.3 is 15.2 Å². The first-order valence-electron chi connectivity index (χ1n) is 10.8. The number of pyridine rings is 1. The van der Waals surface area contributed by atoms with E-state index in [1.807, 2.05) is 11.5 Å². The zero-order chi connectivity index (χ0) is 24.0. The standard InChI is InChI=1S/C25H22FN7O/c1-4-23(34)32-13-17(10-15(32)3)33-21-8-9-28-25(27)24(21)19(30-33)7-6-16-11-20-22(12-18(16)26)31(5-2)14-29-20/h4,8-9,11-12,14,17H,1,3,5,10,13H2,2H3,(H2,27,28)/t17-/m0/s1. The van der Waals surface area contributed by atoms with Gasteiger partial charge in [0.25, 0.3) is 0 Å². The Labute approximate surface area is 195 Å². The number of rotatable bonds is 3. The zero-order valence-corrected chi connectivity index (χ0v) is 18.6. The van der Waals surface area contributed by atoms with Crippen LogP contribution < -0.4 is 5.73 Å². The molecule has 1 aliphatic rings. The van der Waals surface area contributed by atoms with Crippen molar-refractivity contribution in [2.75, 3.05) is 12.3 Å². The number of fused-ring (bicyclic) bond motifs is 2. The highest BCUT2D eigenvalue weighted by molar-refractivity contribution is 5.93. The molecule has 8 nitrogen and oxygen atoms in total. The van der Waals surface area contributed by atoms with Gasteiger partial charge in [-0.1, -0.05) is 19.1 Å². The summed E-state index contributed by atoms with van der Waals surface area (Å²) in [5.74, 6) is 5.50. The van der Waals surface area contributed by atoms with Crippen LogP contribution in [0.1, 0.15) is 30.6 Å². The van der Waals surface area contributed by atoms with Crippen molar-refractivity contribution in [1.29, 1.82) is 0 Å². The van der Waals surface area contributed by atoms with Crippen LogP contribution in [0, 0.1) is 17.7 Å². The Morgan fingerprint density at radius 1 is 1.32 bits per heavy atom. The molecule has 0 radical (unpaired) electrons. The van der Waals surface area contributed by atoms with Crippen molar-refractivity contribution < 1.29 is 9.18 Å². The third-order valence-corrected chi connectivity index (χ3v) is 6.05. The molecule has 1 fully saturated rings. The van der Waals surface area contributed by atoms with Crippen molar-refractivity contribution in [3.8, 4) is 11.8 Å². The molecule has 0 bridgehead atoms. The lowest BCUT2D eigenvalue weighted by molar-refractivity contribution is -0.123. The van der Waals surface area contributed by atoms with Crippen LogP contribution in [0.5, 0.6) is 0 Å². The van der Waals surface area contributed by atoms with Crippen LogP contribution in [0.15, 0.2) is 55.7 Å². The first-order chi connectivity index (χ1) is 16.4. The number of anilines is 1. The number of hydrogen-bond donors (Lipinski definition) is 1. The highest BCUT2D eigenvalue weighted by atomic mass is 19.1. The maximum atomic E-state index is 14.8. The van der Waals surface area contributed by atoms with Crippen molar-refractivity contribution >= 4 is 33.7 Å². The fraction of sp³-hybridized carbons (Fsp3) is 0.200. The monoisotopic (exact) mass is 455 g/mol. The van der Waals surface area contributed by atoms with Gasteiger partial charge in [0.2, 0.25) is 5.91 Å². The smallest absolute Gasteiger partial charge is 0.250 e. The number of carbonyl (C=O) groups excluding carboxylic acids is 1. The van der Waals surface area contributed by atoms with Gasteiger partial charge in [-0.25, -0.2) is 14.4 Å². The quantitative estimate of drug-likeness (QED) is 0.377. The molecule has 1 atom stereocenters. The number of nitrogens with zero attached hydrogens (tertiary/aromatic N) is 6. The molecule has 3 aromatic heterocycles. The van der Waals surface area contributed by atoms with Crippen LogP contribution in [0.25, 0.3) is 21.9 Å². The van der Waals surface area contributed by atoms with E-state index in [0.29, 0.717) is 47.3 Å². The maximum Gasteiger partial charge on any atom is 0.250 e. The summed E-state index contributed by atoms with van der Waals surface area (Å²) < 4.78 is 18.5. The van der Waals surface area contributed by atoms with Crippen LogP contribution in [-0.2, 0) is 11.3 Å². The summed E-state index contributed by atoms with van der Waals surface area (Å²) in [4.78, 5) is 22.2. The molecule has 1 aliphatic heterocycles. The van der Waals surface area contributed by atoms with Gasteiger partial charge in [-0.15, -0.1) is 0 Å². The van der Waals surface area contributed by atoms with Gasteiger partial charge in [0.05, 0.1) is 39.9 Å². The molecular formula is C25H22FN7O. The summed E-state index contributed by atoms with van der Waals surface area (Å²) in [6.07, 6.45) is 5.08. The zero-order valence-electron chi connectivity index (χ0n) is 18.6. The third-order valence-electron chi connectivity index (χ3n) is 6.05. The average molecular weight is 455 g/mol. The van der Waals surface area contributed by atoms with Crippen LogP contribution in [0.2, 0.25) is 0 Å². The second-order valence-electron chi connectivity index (χ2n) is 8.06. The van der Waals surface area contributed by atoms with E-state index in [9.17, 15) is 9.18 Å². The van der Waals surface area contributed by atoms with E-state index in [0.717, 1.165) is 5.52 Å². The Morgan fingerprint density at radius 3 is 2.91 bits per heavy atom. The van der Waals surface area contributed by atoms with Gasteiger partial charge in [-0.3, -0.25) is 9.48 Å². The lowest BCUT2D eigenvalue weighted by Crippen LogP contribution is -2.26. The molecule has 0 aliphatic carbocycles. The molecule has 1 amide bonds. The fourth-order valence-electron chi connectivity index (χ4n) is 4.34. The number of benzene rings is 1. The molecule has 1 aromatic carbocycles. The summed E-state index contributed by atoms with van der Waals surface area (Å²) in [7, 11) is 0. The van der Waals surface area contributed by atoms with E-state index in [2.05, 4.69) is 40.1 Å². The number of amides is 1. The van der Waals surface area contributed by atoms with Crippen molar-refractivity contribution in [1.82, 2.24) is 29.2 Å². The van der Waals surface area contributed by atoms with Crippen molar-refractivity contribution in [2.45, 2.75) is 25.9 Å². The minimum atomic E-state index is -0.435. The molecule has 0 unspecified atom stereocenters. The van der Waals surface area contributed by atoms with E-state index in [-0.39, 0.29) is 23.3 Å². The molecule has 34 heavy (non-hydrogen) atoms. The normalized spacial score (nSPS) is 15.6. The van der Waals surface area contributed by atoms with Crippen LogP contribution >= 0.6 is 0 Å². The Balaban J connectivity index is 1.58. The number of nitrogens with two attached hydrogens (primary N) is 1. The van der Waals surface area contributed by atoms with Gasteiger partial charge in [0.1, 0.15) is 17.3 Å². The molecule has 170 valence electrons. The average Bonchev–Trinajstić information content (AvgIpc) is 3.52. The molecular weight excluding hydrogens is 433 g/mol. The summed E-state index contributed by atoms with van der Waals surface area (Å²) in [5, 5.41) is 5.28. The van der Waals surface area contributed by atoms with Crippen molar-refractivity contribution in [2.24, 2.45) is 0 Å². The first-order valence-corrected chi connectivity index (χ1v) is 10.8. The molecule has 5 rings (SSSR count). The summed E-state index contributed by atoms with van der Waals surface area (Å²) in [6.45, 7) is 10.6. The summed E-state index contributed by atoms with van der Waals surface area (Å²) in [5.41, 5.74) is 9.59. The summed E-state index contributed by atoms with van der Waals surface area (Å²) in [6, 6.07) is 4.72. The predicted molar refractivity (Wildman–Crippen MR) is 128 cm³/mol. The van der Waals surface area contributed by atoms with E-state index >= 15 is 0 Å².